The Labute approximate surface area is 185 Å². The van der Waals surface area contributed by atoms with Crippen molar-refractivity contribution in [2.24, 2.45) is 0 Å². The molecule has 3 aromatic rings. The lowest BCUT2D eigenvalue weighted by molar-refractivity contribution is -0.131. The first-order valence-corrected chi connectivity index (χ1v) is 11.1. The summed E-state index contributed by atoms with van der Waals surface area (Å²) < 4.78 is 1.96. The minimum Gasteiger partial charge on any atom is -0.368 e. The second-order valence-electron chi connectivity index (χ2n) is 8.59. The fraction of sp³-hybridized carbons (Fsp3) is 0.385. The number of amides is 1. The summed E-state index contributed by atoms with van der Waals surface area (Å²) in [7, 11) is 0. The molecule has 5 nitrogen and oxygen atoms in total. The van der Waals surface area contributed by atoms with Crippen LogP contribution in [0, 0.1) is 27.7 Å². The lowest BCUT2D eigenvalue weighted by atomic mass is 10.1. The van der Waals surface area contributed by atoms with Gasteiger partial charge in [-0.15, -0.1) is 0 Å². The molecule has 1 fully saturated rings. The highest BCUT2D eigenvalue weighted by Gasteiger charge is 2.22. The van der Waals surface area contributed by atoms with Crippen LogP contribution in [0.3, 0.4) is 0 Å². The fourth-order valence-electron chi connectivity index (χ4n) is 4.38. The van der Waals surface area contributed by atoms with Crippen LogP contribution in [0.2, 0.25) is 0 Å². The van der Waals surface area contributed by atoms with Crippen LogP contribution in [0.1, 0.15) is 34.5 Å². The predicted molar refractivity (Wildman–Crippen MR) is 126 cm³/mol. The number of hydrogen-bond acceptors (Lipinski definition) is 3. The molecule has 1 aliphatic heterocycles. The Kier molecular flexibility index (Phi) is 6.12. The highest BCUT2D eigenvalue weighted by Crippen LogP contribution is 2.24. The number of hydrogen-bond donors (Lipinski definition) is 0. The Hall–Kier alpha value is -3.08. The number of carbonyl (C=O) groups is 1. The van der Waals surface area contributed by atoms with E-state index in [-0.39, 0.29) is 5.91 Å². The minimum atomic E-state index is 0.253. The van der Waals surface area contributed by atoms with E-state index in [1.54, 1.807) is 0 Å². The van der Waals surface area contributed by atoms with E-state index < -0.39 is 0 Å². The number of aryl methyl sites for hydroxylation is 4. The topological polar surface area (TPSA) is 41.4 Å². The molecule has 1 aliphatic rings. The fourth-order valence-corrected chi connectivity index (χ4v) is 4.38. The van der Waals surface area contributed by atoms with Crippen LogP contribution < -0.4 is 4.90 Å². The van der Waals surface area contributed by atoms with Gasteiger partial charge in [-0.2, -0.15) is 5.10 Å². The number of nitrogens with zero attached hydrogens (tertiary/aromatic N) is 4. The third-order valence-corrected chi connectivity index (χ3v) is 6.37. The Morgan fingerprint density at radius 2 is 1.65 bits per heavy atom. The van der Waals surface area contributed by atoms with Crippen LogP contribution in [0.25, 0.3) is 5.69 Å². The Balaban J connectivity index is 1.30. The van der Waals surface area contributed by atoms with Crippen molar-refractivity contribution in [1.29, 1.82) is 0 Å². The molecule has 0 spiro atoms. The molecule has 2 aromatic carbocycles. The molecular formula is C26H32N4O. The molecule has 0 saturated carbocycles. The largest absolute Gasteiger partial charge is 0.368 e. The summed E-state index contributed by atoms with van der Waals surface area (Å²) in [6.07, 6.45) is 1.33. The number of anilines is 1. The molecule has 2 heterocycles. The first kappa shape index (κ1) is 21.2. The van der Waals surface area contributed by atoms with Gasteiger partial charge < -0.3 is 9.80 Å². The molecule has 1 saturated heterocycles. The molecule has 0 aliphatic carbocycles. The van der Waals surface area contributed by atoms with Crippen LogP contribution in [-0.4, -0.2) is 46.8 Å². The second-order valence-corrected chi connectivity index (χ2v) is 8.59. The monoisotopic (exact) mass is 416 g/mol. The van der Waals surface area contributed by atoms with Gasteiger partial charge in [-0.3, -0.25) is 4.79 Å². The summed E-state index contributed by atoms with van der Waals surface area (Å²) in [5.41, 5.74) is 8.35. The summed E-state index contributed by atoms with van der Waals surface area (Å²) in [5, 5.41) is 4.54. The Morgan fingerprint density at radius 1 is 0.935 bits per heavy atom. The van der Waals surface area contributed by atoms with Crippen molar-refractivity contribution in [1.82, 2.24) is 14.7 Å². The molecule has 4 rings (SSSR count). The Bertz CT molecular complexity index is 1060. The molecule has 5 heteroatoms. The van der Waals surface area contributed by atoms with Gasteiger partial charge in [0.2, 0.25) is 5.91 Å². The standard InChI is InChI=1S/C26H32N4O/c1-19-6-5-7-25(22(19)4)28-14-16-29(17-15-28)26(31)13-10-23-8-11-24(12-9-23)30-21(3)18-20(2)27-30/h5-9,11-12,18H,10,13-17H2,1-4H3. The zero-order valence-corrected chi connectivity index (χ0v) is 19.1. The van der Waals surface area contributed by atoms with Gasteiger partial charge in [-0.1, -0.05) is 24.3 Å². The van der Waals surface area contributed by atoms with Crippen LogP contribution in [0.15, 0.2) is 48.5 Å². The maximum atomic E-state index is 12.8. The maximum Gasteiger partial charge on any atom is 0.223 e. The zero-order valence-electron chi connectivity index (χ0n) is 19.1. The molecule has 0 atom stereocenters. The van der Waals surface area contributed by atoms with Crippen LogP contribution >= 0.6 is 0 Å². The smallest absolute Gasteiger partial charge is 0.223 e. The molecule has 0 N–H and O–H groups in total. The number of carbonyl (C=O) groups excluding carboxylic acids is 1. The van der Waals surface area contributed by atoms with Crippen molar-refractivity contribution in [2.75, 3.05) is 31.1 Å². The van der Waals surface area contributed by atoms with Crippen molar-refractivity contribution in [3.05, 3.63) is 76.6 Å². The molecule has 0 bridgehead atoms. The molecule has 1 amide bonds. The van der Waals surface area contributed by atoms with Crippen LogP contribution in [-0.2, 0) is 11.2 Å². The van der Waals surface area contributed by atoms with E-state index in [9.17, 15) is 4.79 Å². The lowest BCUT2D eigenvalue weighted by Crippen LogP contribution is -2.49. The van der Waals surface area contributed by atoms with Crippen LogP contribution in [0.5, 0.6) is 0 Å². The average Bonchev–Trinajstić information content (AvgIpc) is 3.12. The summed E-state index contributed by atoms with van der Waals surface area (Å²) in [5.74, 6) is 0.253. The van der Waals surface area contributed by atoms with Gasteiger partial charge >= 0.3 is 0 Å². The molecule has 0 unspecified atom stereocenters. The van der Waals surface area contributed by atoms with Crippen molar-refractivity contribution in [3.8, 4) is 5.69 Å². The number of rotatable bonds is 5. The quantitative estimate of drug-likeness (QED) is 0.620. The molecule has 0 radical (unpaired) electrons. The van der Waals surface area contributed by atoms with Gasteiger partial charge in [-0.25, -0.2) is 4.68 Å². The van der Waals surface area contributed by atoms with E-state index in [4.69, 9.17) is 0 Å². The van der Waals surface area contributed by atoms with Gasteiger partial charge in [0.05, 0.1) is 11.4 Å². The van der Waals surface area contributed by atoms with Gasteiger partial charge in [0.1, 0.15) is 0 Å². The van der Waals surface area contributed by atoms with Gasteiger partial charge in [0, 0.05) is 44.0 Å². The first-order valence-electron chi connectivity index (χ1n) is 11.1. The highest BCUT2D eigenvalue weighted by molar-refractivity contribution is 5.77. The summed E-state index contributed by atoms with van der Waals surface area (Å²) >= 11 is 0. The van der Waals surface area contributed by atoms with E-state index in [0.29, 0.717) is 6.42 Å². The summed E-state index contributed by atoms with van der Waals surface area (Å²) in [6, 6.07) is 16.9. The molecular weight excluding hydrogens is 384 g/mol. The van der Waals surface area contributed by atoms with Crippen molar-refractivity contribution < 1.29 is 4.79 Å². The van der Waals surface area contributed by atoms with E-state index in [0.717, 1.165) is 49.7 Å². The second kappa shape index (κ2) is 8.96. The van der Waals surface area contributed by atoms with E-state index >= 15 is 0 Å². The van der Waals surface area contributed by atoms with Gasteiger partial charge in [0.15, 0.2) is 0 Å². The third kappa shape index (κ3) is 4.66. The highest BCUT2D eigenvalue weighted by atomic mass is 16.2. The maximum absolute atomic E-state index is 12.8. The van der Waals surface area contributed by atoms with Crippen molar-refractivity contribution in [3.63, 3.8) is 0 Å². The minimum absolute atomic E-state index is 0.253. The van der Waals surface area contributed by atoms with Gasteiger partial charge in [0.25, 0.3) is 0 Å². The summed E-state index contributed by atoms with van der Waals surface area (Å²) in [6.45, 7) is 11.8. The first-order chi connectivity index (χ1) is 14.9. The van der Waals surface area contributed by atoms with E-state index in [2.05, 4.69) is 79.3 Å². The predicted octanol–water partition coefficient (Wildman–Crippen LogP) is 4.39. The number of aromatic nitrogens is 2. The van der Waals surface area contributed by atoms with Crippen LogP contribution in [0.4, 0.5) is 5.69 Å². The Morgan fingerprint density at radius 3 is 2.29 bits per heavy atom. The third-order valence-electron chi connectivity index (χ3n) is 6.37. The van der Waals surface area contributed by atoms with Crippen molar-refractivity contribution >= 4 is 11.6 Å². The summed E-state index contributed by atoms with van der Waals surface area (Å²) in [4.78, 5) is 17.2. The SMILES string of the molecule is Cc1cc(C)n(-c2ccc(CCC(=O)N3CCN(c4cccc(C)c4C)CC3)cc2)n1. The average molecular weight is 417 g/mol. The van der Waals surface area contributed by atoms with E-state index in [1.165, 1.54) is 22.4 Å². The molecule has 1 aromatic heterocycles. The number of benzene rings is 2. The number of piperazine rings is 1. The zero-order chi connectivity index (χ0) is 22.0. The molecule has 162 valence electrons. The molecule has 31 heavy (non-hydrogen) atoms. The van der Waals surface area contributed by atoms with Gasteiger partial charge in [-0.05, 0) is 75.1 Å². The van der Waals surface area contributed by atoms with Crippen molar-refractivity contribution in [2.45, 2.75) is 40.5 Å². The lowest BCUT2D eigenvalue weighted by Gasteiger charge is -2.37. The normalized spacial score (nSPS) is 14.2. The van der Waals surface area contributed by atoms with E-state index in [1.807, 2.05) is 16.5 Å².